The van der Waals surface area contributed by atoms with Crippen LogP contribution in [-0.2, 0) is 0 Å². The van der Waals surface area contributed by atoms with Crippen molar-refractivity contribution in [1.29, 1.82) is 0 Å². The van der Waals surface area contributed by atoms with Crippen molar-refractivity contribution >= 4 is 5.57 Å². The Hall–Kier alpha value is -2.30. The molecule has 0 fully saturated rings. The zero-order valence-corrected chi connectivity index (χ0v) is 11.8. The van der Waals surface area contributed by atoms with Gasteiger partial charge in [0.2, 0.25) is 0 Å². The van der Waals surface area contributed by atoms with E-state index in [1.165, 1.54) is 31.4 Å². The normalized spacial score (nSPS) is 12.3. The number of methoxy groups -OCH3 is 1. The number of allylic oxidation sites excluding steroid dienone is 1. The zero-order chi connectivity index (χ0) is 16.2. The Labute approximate surface area is 125 Å². The van der Waals surface area contributed by atoms with Gasteiger partial charge in [-0.25, -0.2) is 4.39 Å². The fraction of sp³-hybridized carbons (Fsp3) is 0.176. The van der Waals surface area contributed by atoms with Gasteiger partial charge in [0.05, 0.1) is 13.5 Å². The van der Waals surface area contributed by atoms with E-state index in [9.17, 15) is 17.6 Å². The molecular weight excluding hydrogens is 296 g/mol. The van der Waals surface area contributed by atoms with E-state index in [-0.39, 0.29) is 0 Å². The molecule has 22 heavy (non-hydrogen) atoms. The third kappa shape index (κ3) is 4.35. The Morgan fingerprint density at radius 2 is 1.45 bits per heavy atom. The van der Waals surface area contributed by atoms with Gasteiger partial charge in [0.15, 0.2) is 0 Å². The molecule has 2 aromatic carbocycles. The summed E-state index contributed by atoms with van der Waals surface area (Å²) in [5.74, 6) is 0.173. The van der Waals surface area contributed by atoms with Crippen LogP contribution in [0.15, 0.2) is 54.6 Å². The second-order valence-corrected chi connectivity index (χ2v) is 4.67. The first-order chi connectivity index (χ1) is 10.4. The van der Waals surface area contributed by atoms with E-state index in [4.69, 9.17) is 4.74 Å². The summed E-state index contributed by atoms with van der Waals surface area (Å²) in [4.78, 5) is 0. The fourth-order valence-corrected chi connectivity index (χ4v) is 2.02. The van der Waals surface area contributed by atoms with Crippen molar-refractivity contribution in [1.82, 2.24) is 0 Å². The molecule has 0 spiro atoms. The van der Waals surface area contributed by atoms with Crippen molar-refractivity contribution in [2.24, 2.45) is 0 Å². The van der Waals surface area contributed by atoms with Gasteiger partial charge in [-0.15, -0.1) is 0 Å². The second kappa shape index (κ2) is 6.64. The van der Waals surface area contributed by atoms with Gasteiger partial charge in [-0.1, -0.05) is 30.3 Å². The van der Waals surface area contributed by atoms with Gasteiger partial charge in [0.1, 0.15) is 11.6 Å². The molecular formula is C17H14F4O. The SMILES string of the molecule is COc1ccc(C(=CCC(F)(F)F)c2ccc(F)cc2)cc1. The van der Waals surface area contributed by atoms with Gasteiger partial charge >= 0.3 is 6.18 Å². The molecule has 0 atom stereocenters. The minimum Gasteiger partial charge on any atom is -0.497 e. The van der Waals surface area contributed by atoms with E-state index >= 15 is 0 Å². The molecule has 116 valence electrons. The molecule has 0 amide bonds. The minimum atomic E-state index is -4.29. The van der Waals surface area contributed by atoms with Gasteiger partial charge < -0.3 is 4.74 Å². The molecule has 0 unspecified atom stereocenters. The Balaban J connectivity index is 2.42. The lowest BCUT2D eigenvalue weighted by molar-refractivity contribution is -0.124. The van der Waals surface area contributed by atoms with Crippen LogP contribution in [0.1, 0.15) is 17.5 Å². The molecule has 2 aromatic rings. The van der Waals surface area contributed by atoms with Gasteiger partial charge in [0, 0.05) is 0 Å². The van der Waals surface area contributed by atoms with Gasteiger partial charge in [0.25, 0.3) is 0 Å². The van der Waals surface area contributed by atoms with Crippen LogP contribution in [0.3, 0.4) is 0 Å². The number of ether oxygens (including phenoxy) is 1. The molecule has 0 aliphatic heterocycles. The van der Waals surface area contributed by atoms with E-state index in [0.29, 0.717) is 22.4 Å². The summed E-state index contributed by atoms with van der Waals surface area (Å²) in [6, 6.07) is 12.0. The fourth-order valence-electron chi connectivity index (χ4n) is 2.02. The molecule has 0 saturated carbocycles. The third-order valence-electron chi connectivity index (χ3n) is 3.09. The molecule has 2 rings (SSSR count). The first-order valence-electron chi connectivity index (χ1n) is 6.56. The minimum absolute atomic E-state index is 0.403. The summed E-state index contributed by atoms with van der Waals surface area (Å²) in [5, 5.41) is 0. The highest BCUT2D eigenvalue weighted by atomic mass is 19.4. The van der Waals surface area contributed by atoms with E-state index in [0.717, 1.165) is 6.08 Å². The van der Waals surface area contributed by atoms with Gasteiger partial charge in [-0.05, 0) is 41.0 Å². The van der Waals surface area contributed by atoms with Crippen LogP contribution in [0.5, 0.6) is 5.75 Å². The van der Waals surface area contributed by atoms with Crippen LogP contribution >= 0.6 is 0 Å². The average Bonchev–Trinajstić information content (AvgIpc) is 2.49. The van der Waals surface area contributed by atoms with Crippen molar-refractivity contribution in [2.45, 2.75) is 12.6 Å². The molecule has 0 aliphatic carbocycles. The van der Waals surface area contributed by atoms with Crippen molar-refractivity contribution in [3.05, 3.63) is 71.6 Å². The smallest absolute Gasteiger partial charge is 0.392 e. The van der Waals surface area contributed by atoms with Crippen LogP contribution in [-0.4, -0.2) is 13.3 Å². The van der Waals surface area contributed by atoms with Crippen molar-refractivity contribution < 1.29 is 22.3 Å². The van der Waals surface area contributed by atoms with Crippen LogP contribution in [0.25, 0.3) is 5.57 Å². The summed E-state index contributed by atoms with van der Waals surface area (Å²) in [7, 11) is 1.51. The lowest BCUT2D eigenvalue weighted by atomic mass is 9.96. The van der Waals surface area contributed by atoms with Gasteiger partial charge in [-0.3, -0.25) is 0 Å². The summed E-state index contributed by atoms with van der Waals surface area (Å²) >= 11 is 0. The molecule has 1 nitrogen and oxygen atoms in total. The number of hydrogen-bond acceptors (Lipinski definition) is 1. The highest BCUT2D eigenvalue weighted by Gasteiger charge is 2.25. The molecule has 0 aliphatic rings. The average molecular weight is 310 g/mol. The molecule has 0 saturated heterocycles. The maximum Gasteiger partial charge on any atom is 0.392 e. The van der Waals surface area contributed by atoms with E-state index in [1.54, 1.807) is 24.3 Å². The molecule has 0 bridgehead atoms. The summed E-state index contributed by atoms with van der Waals surface area (Å²) in [5.41, 5.74) is 1.53. The molecule has 0 radical (unpaired) electrons. The predicted molar refractivity (Wildman–Crippen MR) is 77.1 cm³/mol. The number of benzene rings is 2. The van der Waals surface area contributed by atoms with E-state index in [1.807, 2.05) is 0 Å². The highest BCUT2D eigenvalue weighted by molar-refractivity contribution is 5.80. The second-order valence-electron chi connectivity index (χ2n) is 4.67. The maximum atomic E-state index is 13.0. The molecule has 5 heteroatoms. The predicted octanol–water partition coefficient (Wildman–Crippen LogP) is 5.22. The topological polar surface area (TPSA) is 9.23 Å². The standard InChI is InChI=1S/C17H14F4O/c1-22-15-8-4-13(5-9-15)16(10-11-17(19,20)21)12-2-6-14(18)7-3-12/h2-10H,11H2,1H3. The largest absolute Gasteiger partial charge is 0.497 e. The monoisotopic (exact) mass is 310 g/mol. The zero-order valence-electron chi connectivity index (χ0n) is 11.8. The first kappa shape index (κ1) is 16.1. The highest BCUT2D eigenvalue weighted by Crippen LogP contribution is 2.29. The quantitative estimate of drug-likeness (QED) is 0.704. The van der Waals surface area contributed by atoms with Crippen molar-refractivity contribution in [2.75, 3.05) is 7.11 Å². The Morgan fingerprint density at radius 3 is 1.91 bits per heavy atom. The van der Waals surface area contributed by atoms with Crippen LogP contribution in [0, 0.1) is 5.82 Å². The van der Waals surface area contributed by atoms with Crippen LogP contribution in [0.2, 0.25) is 0 Å². The first-order valence-corrected chi connectivity index (χ1v) is 6.56. The summed E-state index contributed by atoms with van der Waals surface area (Å²) in [6.45, 7) is 0. The Kier molecular flexibility index (Phi) is 4.85. The molecule has 0 heterocycles. The number of alkyl halides is 3. The molecule has 0 aromatic heterocycles. The number of hydrogen-bond donors (Lipinski definition) is 0. The maximum absolute atomic E-state index is 13.0. The number of rotatable bonds is 4. The Morgan fingerprint density at radius 1 is 0.955 bits per heavy atom. The van der Waals surface area contributed by atoms with Crippen LogP contribution in [0.4, 0.5) is 17.6 Å². The van der Waals surface area contributed by atoms with Crippen molar-refractivity contribution in [3.63, 3.8) is 0 Å². The Bertz CT molecular complexity index is 640. The molecule has 0 N–H and O–H groups in total. The van der Waals surface area contributed by atoms with E-state index < -0.39 is 18.4 Å². The van der Waals surface area contributed by atoms with Crippen molar-refractivity contribution in [3.8, 4) is 5.75 Å². The summed E-state index contributed by atoms with van der Waals surface area (Å²) < 4.78 is 55.6. The third-order valence-corrected chi connectivity index (χ3v) is 3.09. The lowest BCUT2D eigenvalue weighted by Gasteiger charge is -2.11. The van der Waals surface area contributed by atoms with Crippen LogP contribution < -0.4 is 4.74 Å². The number of halogens is 4. The lowest BCUT2D eigenvalue weighted by Crippen LogP contribution is -2.05. The van der Waals surface area contributed by atoms with E-state index in [2.05, 4.69) is 0 Å². The van der Waals surface area contributed by atoms with Gasteiger partial charge in [-0.2, -0.15) is 13.2 Å². The summed E-state index contributed by atoms with van der Waals surface area (Å²) in [6.07, 6.45) is -4.24.